The molecule has 1 heterocycles. The first-order chi connectivity index (χ1) is 13.5. The summed E-state index contributed by atoms with van der Waals surface area (Å²) >= 11 is 0. The van der Waals surface area contributed by atoms with E-state index in [1.807, 2.05) is 36.4 Å². The van der Waals surface area contributed by atoms with E-state index in [-0.39, 0.29) is 5.75 Å². The lowest BCUT2D eigenvalue weighted by atomic mass is 10.1. The molecule has 0 saturated heterocycles. The van der Waals surface area contributed by atoms with Crippen molar-refractivity contribution >= 4 is 10.9 Å². The van der Waals surface area contributed by atoms with Gasteiger partial charge in [-0.2, -0.15) is 18.4 Å². The van der Waals surface area contributed by atoms with E-state index in [9.17, 15) is 18.4 Å². The van der Waals surface area contributed by atoms with Gasteiger partial charge in [-0.25, -0.2) is 0 Å². The minimum atomic E-state index is -4.40. The van der Waals surface area contributed by atoms with Crippen molar-refractivity contribution < 1.29 is 17.9 Å². The number of nitrogens with zero attached hydrogens (tertiary/aromatic N) is 1. The van der Waals surface area contributed by atoms with Gasteiger partial charge in [0.05, 0.1) is 16.6 Å². The maximum Gasteiger partial charge on any atom is 0.416 e. The molecule has 3 nitrogen and oxygen atoms in total. The van der Waals surface area contributed by atoms with Crippen molar-refractivity contribution in [3.63, 3.8) is 0 Å². The predicted molar refractivity (Wildman–Crippen MR) is 100.0 cm³/mol. The molecule has 0 aliphatic carbocycles. The molecule has 0 fully saturated rings. The summed E-state index contributed by atoms with van der Waals surface area (Å²) in [5.74, 6) is 0.730. The average molecular weight is 378 g/mol. The van der Waals surface area contributed by atoms with Gasteiger partial charge in [-0.3, -0.25) is 0 Å². The van der Waals surface area contributed by atoms with Crippen LogP contribution in [-0.4, -0.2) is 4.98 Å². The molecule has 1 aromatic heterocycles. The molecule has 1 N–H and O–H groups in total. The van der Waals surface area contributed by atoms with Crippen molar-refractivity contribution in [1.82, 2.24) is 4.98 Å². The van der Waals surface area contributed by atoms with Gasteiger partial charge in [0, 0.05) is 11.1 Å². The Kier molecular flexibility index (Phi) is 4.28. The second-order valence-corrected chi connectivity index (χ2v) is 6.18. The highest BCUT2D eigenvalue weighted by atomic mass is 19.4. The van der Waals surface area contributed by atoms with Gasteiger partial charge in [-0.1, -0.05) is 30.3 Å². The van der Waals surface area contributed by atoms with Crippen LogP contribution in [0.2, 0.25) is 0 Å². The van der Waals surface area contributed by atoms with E-state index in [2.05, 4.69) is 11.1 Å². The van der Waals surface area contributed by atoms with Crippen molar-refractivity contribution in [2.45, 2.75) is 6.18 Å². The van der Waals surface area contributed by atoms with Crippen molar-refractivity contribution in [3.05, 3.63) is 83.9 Å². The Morgan fingerprint density at radius 2 is 1.61 bits per heavy atom. The van der Waals surface area contributed by atoms with Gasteiger partial charge in [0.2, 0.25) is 0 Å². The Labute approximate surface area is 158 Å². The van der Waals surface area contributed by atoms with E-state index in [1.165, 1.54) is 12.1 Å². The molecule has 3 aromatic carbocycles. The van der Waals surface area contributed by atoms with Crippen molar-refractivity contribution in [3.8, 4) is 28.8 Å². The molecule has 28 heavy (non-hydrogen) atoms. The van der Waals surface area contributed by atoms with Gasteiger partial charge in [0.25, 0.3) is 0 Å². The molecule has 4 aromatic rings. The number of fused-ring (bicyclic) bond motifs is 1. The van der Waals surface area contributed by atoms with Crippen LogP contribution >= 0.6 is 0 Å². The summed E-state index contributed by atoms with van der Waals surface area (Å²) < 4.78 is 44.0. The minimum Gasteiger partial charge on any atom is -0.457 e. The zero-order chi connectivity index (χ0) is 19.7. The number of rotatable bonds is 3. The fourth-order valence-corrected chi connectivity index (χ4v) is 2.99. The van der Waals surface area contributed by atoms with Crippen LogP contribution in [-0.2, 0) is 6.18 Å². The topological polar surface area (TPSA) is 48.8 Å². The molecule has 138 valence electrons. The molecule has 0 saturated carbocycles. The standard InChI is InChI=1S/C22H13F3N2O/c23-22(24,25)16-7-9-17(10-8-16)28-20-11-6-15(13-26)21-18(20)12-19(27-21)14-4-2-1-3-5-14/h1-12,27H. The Balaban J connectivity index is 1.75. The number of aromatic amines is 1. The average Bonchev–Trinajstić information content (AvgIpc) is 3.15. The molecule has 0 atom stereocenters. The molecule has 0 unspecified atom stereocenters. The first kappa shape index (κ1) is 17.7. The van der Waals surface area contributed by atoms with E-state index in [0.717, 1.165) is 23.4 Å². The predicted octanol–water partition coefficient (Wildman–Crippen LogP) is 6.52. The molecule has 0 spiro atoms. The van der Waals surface area contributed by atoms with Crippen LogP contribution in [0.15, 0.2) is 72.8 Å². The van der Waals surface area contributed by atoms with E-state index in [0.29, 0.717) is 22.2 Å². The third-order valence-corrected chi connectivity index (χ3v) is 4.37. The number of H-pyrrole nitrogens is 1. The van der Waals surface area contributed by atoms with Crippen molar-refractivity contribution in [2.75, 3.05) is 0 Å². The Hall–Kier alpha value is -3.72. The first-order valence-electron chi connectivity index (χ1n) is 8.42. The van der Waals surface area contributed by atoms with E-state index in [1.54, 1.807) is 12.1 Å². The third kappa shape index (κ3) is 3.30. The summed E-state index contributed by atoms with van der Waals surface area (Å²) in [6, 6.07) is 21.4. The van der Waals surface area contributed by atoms with Crippen LogP contribution in [0.4, 0.5) is 13.2 Å². The summed E-state index contributed by atoms with van der Waals surface area (Å²) in [4.78, 5) is 3.24. The number of hydrogen-bond acceptors (Lipinski definition) is 2. The fourth-order valence-electron chi connectivity index (χ4n) is 2.99. The number of benzene rings is 3. The highest BCUT2D eigenvalue weighted by Gasteiger charge is 2.30. The van der Waals surface area contributed by atoms with E-state index >= 15 is 0 Å². The normalized spacial score (nSPS) is 11.4. The summed E-state index contributed by atoms with van der Waals surface area (Å²) in [5.41, 5.74) is 2.10. The number of ether oxygens (including phenoxy) is 1. The zero-order valence-electron chi connectivity index (χ0n) is 14.4. The summed E-state index contributed by atoms with van der Waals surface area (Å²) in [6.07, 6.45) is -4.40. The fraction of sp³-hybridized carbons (Fsp3) is 0.0455. The van der Waals surface area contributed by atoms with Crippen molar-refractivity contribution in [2.24, 2.45) is 0 Å². The molecular formula is C22H13F3N2O. The molecule has 4 rings (SSSR count). The number of hydrogen-bond donors (Lipinski definition) is 1. The zero-order valence-corrected chi connectivity index (χ0v) is 14.4. The summed E-state index contributed by atoms with van der Waals surface area (Å²) in [5, 5.41) is 10.1. The Morgan fingerprint density at radius 1 is 0.893 bits per heavy atom. The lowest BCUT2D eigenvalue weighted by Crippen LogP contribution is -2.04. The Morgan fingerprint density at radius 3 is 2.25 bits per heavy atom. The van der Waals surface area contributed by atoms with Crippen LogP contribution in [0.3, 0.4) is 0 Å². The quantitative estimate of drug-likeness (QED) is 0.441. The summed E-state index contributed by atoms with van der Waals surface area (Å²) in [6.45, 7) is 0. The molecule has 0 bridgehead atoms. The smallest absolute Gasteiger partial charge is 0.416 e. The van der Waals surface area contributed by atoms with Crippen LogP contribution < -0.4 is 4.74 Å². The Bertz CT molecular complexity index is 1170. The third-order valence-electron chi connectivity index (χ3n) is 4.37. The SMILES string of the molecule is N#Cc1ccc(Oc2ccc(C(F)(F)F)cc2)c2cc(-c3ccccc3)[nH]c12. The monoisotopic (exact) mass is 378 g/mol. The van der Waals surface area contributed by atoms with Gasteiger partial charge in [0.15, 0.2) is 0 Å². The number of aromatic nitrogens is 1. The largest absolute Gasteiger partial charge is 0.457 e. The summed E-state index contributed by atoms with van der Waals surface area (Å²) in [7, 11) is 0. The molecular weight excluding hydrogens is 365 g/mol. The number of alkyl halides is 3. The molecule has 0 aliphatic heterocycles. The molecule has 0 amide bonds. The van der Waals surface area contributed by atoms with Crippen LogP contribution in [0.25, 0.3) is 22.2 Å². The highest BCUT2D eigenvalue weighted by Crippen LogP contribution is 2.36. The first-order valence-corrected chi connectivity index (χ1v) is 8.42. The van der Waals surface area contributed by atoms with Crippen LogP contribution in [0, 0.1) is 11.3 Å². The van der Waals surface area contributed by atoms with E-state index < -0.39 is 11.7 Å². The number of nitrogens with one attached hydrogen (secondary N) is 1. The highest BCUT2D eigenvalue weighted by molar-refractivity contribution is 5.94. The lowest BCUT2D eigenvalue weighted by molar-refractivity contribution is -0.137. The van der Waals surface area contributed by atoms with Gasteiger partial charge in [0.1, 0.15) is 17.6 Å². The number of halogens is 3. The van der Waals surface area contributed by atoms with Crippen LogP contribution in [0.5, 0.6) is 11.5 Å². The molecule has 0 aliphatic rings. The minimum absolute atomic E-state index is 0.279. The lowest BCUT2D eigenvalue weighted by Gasteiger charge is -2.10. The van der Waals surface area contributed by atoms with Crippen LogP contribution in [0.1, 0.15) is 11.1 Å². The van der Waals surface area contributed by atoms with Gasteiger partial charge < -0.3 is 9.72 Å². The van der Waals surface area contributed by atoms with E-state index in [4.69, 9.17) is 4.74 Å². The van der Waals surface area contributed by atoms with Gasteiger partial charge >= 0.3 is 6.18 Å². The molecule has 6 heteroatoms. The van der Waals surface area contributed by atoms with Gasteiger partial charge in [-0.15, -0.1) is 0 Å². The maximum absolute atomic E-state index is 12.7. The van der Waals surface area contributed by atoms with Crippen molar-refractivity contribution in [1.29, 1.82) is 5.26 Å². The van der Waals surface area contributed by atoms with Gasteiger partial charge in [-0.05, 0) is 48.0 Å². The molecule has 0 radical (unpaired) electrons. The number of nitriles is 1. The second-order valence-electron chi connectivity index (χ2n) is 6.18. The maximum atomic E-state index is 12.7. The second kappa shape index (κ2) is 6.78.